The van der Waals surface area contributed by atoms with Gasteiger partial charge in [-0.25, -0.2) is 0 Å². The van der Waals surface area contributed by atoms with Gasteiger partial charge in [-0.05, 0) is 30.8 Å². The van der Waals surface area contributed by atoms with Crippen LogP contribution in [0.5, 0.6) is 0 Å². The molecule has 0 nitrogen and oxygen atoms in total. The zero-order valence-electron chi connectivity index (χ0n) is 5.85. The van der Waals surface area contributed by atoms with Crippen molar-refractivity contribution in [2.75, 3.05) is 18.5 Å². The first kappa shape index (κ1) is 6.55. The first-order valence-electron chi connectivity index (χ1n) is 3.51. The van der Waals surface area contributed by atoms with Crippen molar-refractivity contribution < 1.29 is 0 Å². The molecule has 0 amide bonds. The molecule has 0 unspecified atom stereocenters. The van der Waals surface area contributed by atoms with E-state index >= 15 is 0 Å². The Morgan fingerprint density at radius 2 is 2.00 bits per heavy atom. The second-order valence-corrected chi connectivity index (χ2v) is 5.65. The van der Waals surface area contributed by atoms with Crippen molar-refractivity contribution in [1.29, 1.82) is 0 Å². The summed E-state index contributed by atoms with van der Waals surface area (Å²) in [6.07, 6.45) is 6.22. The minimum Gasteiger partial charge on any atom is -0.106 e. The van der Waals surface area contributed by atoms with Gasteiger partial charge >= 0.3 is 0 Å². The van der Waals surface area contributed by atoms with Crippen molar-refractivity contribution in [2.45, 2.75) is 20.3 Å². The maximum absolute atomic E-state index is 2.33. The van der Waals surface area contributed by atoms with Gasteiger partial charge in [-0.1, -0.05) is 13.8 Å². The normalized spacial score (nSPS) is 21.4. The molecule has 0 atom stereocenters. The van der Waals surface area contributed by atoms with Gasteiger partial charge in [-0.3, -0.25) is 0 Å². The van der Waals surface area contributed by atoms with E-state index in [2.05, 4.69) is 13.8 Å². The summed E-state index contributed by atoms with van der Waals surface area (Å²) in [5, 5.41) is 0. The van der Waals surface area contributed by atoms with Crippen molar-refractivity contribution in [3.05, 3.63) is 0 Å². The van der Waals surface area contributed by atoms with Crippen LogP contribution in [0.1, 0.15) is 20.3 Å². The molecular formula is C7H15P. The molecule has 0 saturated carbocycles. The van der Waals surface area contributed by atoms with E-state index in [-0.39, 0.29) is 0 Å². The highest BCUT2D eigenvalue weighted by Gasteiger charge is 2.16. The van der Waals surface area contributed by atoms with Gasteiger partial charge in [-0.15, -0.1) is 7.92 Å². The Kier molecular flexibility index (Phi) is 2.31. The third-order valence-electron chi connectivity index (χ3n) is 1.57. The van der Waals surface area contributed by atoms with Gasteiger partial charge in [0.1, 0.15) is 0 Å². The smallest absolute Gasteiger partial charge is 0.0303 e. The molecule has 8 heavy (non-hydrogen) atoms. The van der Waals surface area contributed by atoms with Gasteiger partial charge in [0.05, 0.1) is 0 Å². The molecule has 1 aliphatic rings. The molecule has 0 N–H and O–H groups in total. The van der Waals surface area contributed by atoms with E-state index in [1.54, 1.807) is 12.3 Å². The van der Waals surface area contributed by atoms with E-state index < -0.39 is 0 Å². The summed E-state index contributed by atoms with van der Waals surface area (Å²) in [7, 11) is 0.563. The predicted molar refractivity (Wildman–Crippen MR) is 41.0 cm³/mol. The number of rotatable bonds is 2. The lowest BCUT2D eigenvalue weighted by atomic mass is 10.3. The maximum atomic E-state index is 2.33. The Morgan fingerprint density at radius 3 is 2.12 bits per heavy atom. The Balaban J connectivity index is 2.01. The molecule has 0 spiro atoms. The van der Waals surface area contributed by atoms with Crippen molar-refractivity contribution in [3.63, 3.8) is 0 Å². The highest BCUT2D eigenvalue weighted by molar-refractivity contribution is 7.59. The second-order valence-electron chi connectivity index (χ2n) is 3.05. The average molecular weight is 130 g/mol. The summed E-state index contributed by atoms with van der Waals surface area (Å²) in [5.41, 5.74) is 0. The summed E-state index contributed by atoms with van der Waals surface area (Å²) in [5.74, 6) is 0.960. The van der Waals surface area contributed by atoms with E-state index in [0.717, 1.165) is 5.92 Å². The van der Waals surface area contributed by atoms with Crippen LogP contribution in [-0.2, 0) is 0 Å². The summed E-state index contributed by atoms with van der Waals surface area (Å²) in [4.78, 5) is 0. The van der Waals surface area contributed by atoms with E-state index in [1.807, 2.05) is 0 Å². The van der Waals surface area contributed by atoms with Crippen LogP contribution in [-0.4, -0.2) is 18.5 Å². The fraction of sp³-hybridized carbons (Fsp3) is 1.00. The summed E-state index contributed by atoms with van der Waals surface area (Å²) in [6.45, 7) is 4.67. The van der Waals surface area contributed by atoms with Crippen molar-refractivity contribution >= 4 is 7.92 Å². The van der Waals surface area contributed by atoms with Crippen molar-refractivity contribution in [2.24, 2.45) is 5.92 Å². The van der Waals surface area contributed by atoms with Gasteiger partial charge in [0, 0.05) is 0 Å². The molecule has 1 rings (SSSR count). The van der Waals surface area contributed by atoms with Crippen LogP contribution < -0.4 is 0 Å². The molecule has 48 valence electrons. The topological polar surface area (TPSA) is 0 Å². The Hall–Kier alpha value is 0.430. The first-order chi connectivity index (χ1) is 3.79. The zero-order valence-corrected chi connectivity index (χ0v) is 6.75. The average Bonchev–Trinajstić information content (AvgIpc) is 1.55. The quantitative estimate of drug-likeness (QED) is 0.504. The molecule has 1 heterocycles. The molecule has 0 aromatic rings. The molecular weight excluding hydrogens is 115 g/mol. The number of hydrogen-bond donors (Lipinski definition) is 0. The highest BCUT2D eigenvalue weighted by atomic mass is 31.1. The first-order valence-corrected chi connectivity index (χ1v) is 5.41. The highest BCUT2D eigenvalue weighted by Crippen LogP contribution is 2.46. The molecule has 0 aliphatic carbocycles. The molecule has 0 bridgehead atoms. The maximum Gasteiger partial charge on any atom is -0.0303 e. The minimum atomic E-state index is 0.563. The SMILES string of the molecule is CC(C)CP1CCC1. The van der Waals surface area contributed by atoms with E-state index in [1.165, 1.54) is 12.6 Å². The molecule has 1 heteroatoms. The fourth-order valence-electron chi connectivity index (χ4n) is 1.08. The van der Waals surface area contributed by atoms with Crippen LogP contribution in [0.2, 0.25) is 0 Å². The Morgan fingerprint density at radius 1 is 1.38 bits per heavy atom. The van der Waals surface area contributed by atoms with Gasteiger partial charge in [-0.2, -0.15) is 0 Å². The van der Waals surface area contributed by atoms with E-state index in [4.69, 9.17) is 0 Å². The molecule has 0 aromatic carbocycles. The summed E-state index contributed by atoms with van der Waals surface area (Å²) >= 11 is 0. The standard InChI is InChI=1S/C7H15P/c1-7(2)6-8-4-3-5-8/h7H,3-6H2,1-2H3. The molecule has 1 saturated heterocycles. The monoisotopic (exact) mass is 130 g/mol. The lowest BCUT2D eigenvalue weighted by Gasteiger charge is -2.27. The minimum absolute atomic E-state index is 0.563. The fourth-order valence-corrected chi connectivity index (χ4v) is 3.24. The Bertz CT molecular complexity index is 64.8. The van der Waals surface area contributed by atoms with E-state index in [0.29, 0.717) is 7.92 Å². The third kappa shape index (κ3) is 1.74. The van der Waals surface area contributed by atoms with Crippen LogP contribution in [0, 0.1) is 5.92 Å². The van der Waals surface area contributed by atoms with Crippen LogP contribution >= 0.6 is 7.92 Å². The summed E-state index contributed by atoms with van der Waals surface area (Å²) in [6, 6.07) is 0. The van der Waals surface area contributed by atoms with Gasteiger partial charge in [0.2, 0.25) is 0 Å². The van der Waals surface area contributed by atoms with Gasteiger partial charge < -0.3 is 0 Å². The molecule has 1 aliphatic heterocycles. The van der Waals surface area contributed by atoms with Gasteiger partial charge in [0.25, 0.3) is 0 Å². The van der Waals surface area contributed by atoms with Crippen LogP contribution in [0.4, 0.5) is 0 Å². The van der Waals surface area contributed by atoms with Crippen LogP contribution in [0.25, 0.3) is 0 Å². The van der Waals surface area contributed by atoms with Crippen molar-refractivity contribution in [1.82, 2.24) is 0 Å². The lowest BCUT2D eigenvalue weighted by molar-refractivity contribution is 0.736. The molecule has 0 radical (unpaired) electrons. The van der Waals surface area contributed by atoms with Crippen molar-refractivity contribution in [3.8, 4) is 0 Å². The van der Waals surface area contributed by atoms with Crippen LogP contribution in [0.15, 0.2) is 0 Å². The Labute approximate surface area is 53.4 Å². The predicted octanol–water partition coefficient (Wildman–Crippen LogP) is 2.53. The lowest BCUT2D eigenvalue weighted by Crippen LogP contribution is -2.09. The summed E-state index contributed by atoms with van der Waals surface area (Å²) < 4.78 is 0. The molecule has 1 fully saturated rings. The van der Waals surface area contributed by atoms with Crippen LogP contribution in [0.3, 0.4) is 0 Å². The third-order valence-corrected chi connectivity index (χ3v) is 4.72. The molecule has 0 aromatic heterocycles. The van der Waals surface area contributed by atoms with Gasteiger partial charge in [0.15, 0.2) is 0 Å². The largest absolute Gasteiger partial charge is 0.106 e. The van der Waals surface area contributed by atoms with E-state index in [9.17, 15) is 0 Å². The number of hydrogen-bond acceptors (Lipinski definition) is 0. The zero-order chi connectivity index (χ0) is 5.98. The second kappa shape index (κ2) is 2.82.